The Bertz CT molecular complexity index is 567. The Labute approximate surface area is 121 Å². The molecule has 3 nitrogen and oxygen atoms in total. The first kappa shape index (κ1) is 13.6. The van der Waals surface area contributed by atoms with Crippen LogP contribution in [0.5, 0.6) is 0 Å². The van der Waals surface area contributed by atoms with Gasteiger partial charge in [-0.15, -0.1) is 0 Å². The molecule has 0 radical (unpaired) electrons. The first-order chi connectivity index (χ1) is 9.79. The topological polar surface area (TPSA) is 29.9 Å². The van der Waals surface area contributed by atoms with E-state index in [1.165, 1.54) is 37.0 Å². The molecule has 0 saturated heterocycles. The van der Waals surface area contributed by atoms with Gasteiger partial charge in [-0.05, 0) is 44.7 Å². The molecule has 1 aromatic carbocycles. The van der Waals surface area contributed by atoms with Crippen molar-refractivity contribution >= 4 is 11.0 Å². The smallest absolute Gasteiger partial charge is 0.123 e. The van der Waals surface area contributed by atoms with Crippen molar-refractivity contribution in [1.82, 2.24) is 14.9 Å². The van der Waals surface area contributed by atoms with Gasteiger partial charge in [-0.25, -0.2) is 4.98 Å². The number of benzene rings is 1. The molecule has 0 aliphatic heterocycles. The second-order valence-electron chi connectivity index (χ2n) is 5.98. The minimum Gasteiger partial charge on any atom is -0.327 e. The van der Waals surface area contributed by atoms with Gasteiger partial charge in [0, 0.05) is 12.6 Å². The lowest BCUT2D eigenvalue weighted by Gasteiger charge is -2.20. The number of fused-ring (bicyclic) bond motifs is 1. The maximum absolute atomic E-state index is 4.78. The summed E-state index contributed by atoms with van der Waals surface area (Å²) in [5.41, 5.74) is 2.36. The predicted octanol–water partition coefficient (Wildman–Crippen LogP) is 3.72. The van der Waals surface area contributed by atoms with Crippen LogP contribution < -0.4 is 5.32 Å². The van der Waals surface area contributed by atoms with Crippen LogP contribution >= 0.6 is 0 Å². The predicted molar refractivity (Wildman–Crippen MR) is 83.7 cm³/mol. The fraction of sp³-hybridized carbons (Fsp3) is 0.588. The number of aryl methyl sites for hydroxylation is 1. The Morgan fingerprint density at radius 1 is 1.30 bits per heavy atom. The van der Waals surface area contributed by atoms with E-state index in [-0.39, 0.29) is 0 Å². The molecule has 1 aliphatic rings. The minimum atomic E-state index is 0.600. The summed E-state index contributed by atoms with van der Waals surface area (Å²) in [6, 6.07) is 9.02. The summed E-state index contributed by atoms with van der Waals surface area (Å²) >= 11 is 0. The van der Waals surface area contributed by atoms with E-state index >= 15 is 0 Å². The van der Waals surface area contributed by atoms with Crippen molar-refractivity contribution in [3.63, 3.8) is 0 Å². The van der Waals surface area contributed by atoms with Crippen LogP contribution in [-0.4, -0.2) is 15.6 Å². The van der Waals surface area contributed by atoms with E-state index in [0.717, 1.165) is 24.5 Å². The Morgan fingerprint density at radius 3 is 2.80 bits per heavy atom. The monoisotopic (exact) mass is 271 g/mol. The number of imidazole rings is 1. The first-order valence-electron chi connectivity index (χ1n) is 7.97. The molecule has 3 heteroatoms. The molecule has 0 bridgehead atoms. The van der Waals surface area contributed by atoms with Crippen molar-refractivity contribution in [2.45, 2.75) is 58.7 Å². The SMILES string of the molecule is CCn1c(CNC(C)C2CCCC2)nc2ccccc21. The molecule has 3 rings (SSSR count). The van der Waals surface area contributed by atoms with Crippen molar-refractivity contribution in [3.8, 4) is 0 Å². The summed E-state index contributed by atoms with van der Waals surface area (Å²) in [5.74, 6) is 2.02. The molecule has 20 heavy (non-hydrogen) atoms. The Kier molecular flexibility index (Phi) is 4.06. The number of rotatable bonds is 5. The van der Waals surface area contributed by atoms with Crippen LogP contribution in [0.1, 0.15) is 45.4 Å². The van der Waals surface area contributed by atoms with Gasteiger partial charge in [0.15, 0.2) is 0 Å². The molecule has 2 aromatic rings. The maximum atomic E-state index is 4.78. The molecule has 0 spiro atoms. The van der Waals surface area contributed by atoms with Crippen molar-refractivity contribution in [2.75, 3.05) is 0 Å². The lowest BCUT2D eigenvalue weighted by atomic mass is 10.00. The molecule has 1 fully saturated rings. The molecule has 0 amide bonds. The minimum absolute atomic E-state index is 0.600. The summed E-state index contributed by atoms with van der Waals surface area (Å²) in [6.07, 6.45) is 5.59. The summed E-state index contributed by atoms with van der Waals surface area (Å²) in [6.45, 7) is 6.38. The van der Waals surface area contributed by atoms with E-state index in [2.05, 4.69) is 48.0 Å². The average Bonchev–Trinajstić information content (AvgIpc) is 3.11. The average molecular weight is 271 g/mol. The van der Waals surface area contributed by atoms with Gasteiger partial charge >= 0.3 is 0 Å². The second kappa shape index (κ2) is 5.96. The summed E-state index contributed by atoms with van der Waals surface area (Å²) in [4.78, 5) is 4.78. The molecule has 1 aromatic heterocycles. The van der Waals surface area contributed by atoms with E-state index < -0.39 is 0 Å². The third kappa shape index (κ3) is 2.59. The van der Waals surface area contributed by atoms with E-state index in [0.29, 0.717) is 6.04 Å². The molecular formula is C17H25N3. The zero-order valence-electron chi connectivity index (χ0n) is 12.6. The van der Waals surface area contributed by atoms with Gasteiger partial charge in [-0.3, -0.25) is 0 Å². The van der Waals surface area contributed by atoms with Crippen molar-refractivity contribution in [2.24, 2.45) is 5.92 Å². The molecule has 1 aliphatic carbocycles. The number of aromatic nitrogens is 2. The molecule has 1 unspecified atom stereocenters. The van der Waals surface area contributed by atoms with Gasteiger partial charge in [0.05, 0.1) is 17.6 Å². The second-order valence-corrected chi connectivity index (χ2v) is 5.98. The number of hydrogen-bond acceptors (Lipinski definition) is 2. The zero-order valence-corrected chi connectivity index (χ0v) is 12.6. The van der Waals surface area contributed by atoms with Crippen LogP contribution in [0.15, 0.2) is 24.3 Å². The first-order valence-corrected chi connectivity index (χ1v) is 7.97. The highest BCUT2D eigenvalue weighted by atomic mass is 15.1. The molecular weight excluding hydrogens is 246 g/mol. The van der Waals surface area contributed by atoms with E-state index in [1.807, 2.05) is 0 Å². The van der Waals surface area contributed by atoms with Gasteiger partial charge in [0.25, 0.3) is 0 Å². The van der Waals surface area contributed by atoms with Crippen molar-refractivity contribution < 1.29 is 0 Å². The zero-order chi connectivity index (χ0) is 13.9. The molecule has 108 valence electrons. The van der Waals surface area contributed by atoms with Gasteiger partial charge < -0.3 is 9.88 Å². The Hall–Kier alpha value is -1.35. The van der Waals surface area contributed by atoms with E-state index in [4.69, 9.17) is 4.98 Å². The van der Waals surface area contributed by atoms with Gasteiger partial charge in [-0.2, -0.15) is 0 Å². The summed E-state index contributed by atoms with van der Waals surface area (Å²) in [5, 5.41) is 3.69. The van der Waals surface area contributed by atoms with Crippen LogP contribution in [0, 0.1) is 5.92 Å². The van der Waals surface area contributed by atoms with Crippen LogP contribution in [-0.2, 0) is 13.1 Å². The quantitative estimate of drug-likeness (QED) is 0.898. The third-order valence-corrected chi connectivity index (χ3v) is 4.74. The number of nitrogens with zero attached hydrogens (tertiary/aromatic N) is 2. The van der Waals surface area contributed by atoms with Crippen LogP contribution in [0.3, 0.4) is 0 Å². The molecule has 1 atom stereocenters. The fourth-order valence-corrected chi connectivity index (χ4v) is 3.49. The highest BCUT2D eigenvalue weighted by molar-refractivity contribution is 5.75. The Morgan fingerprint density at radius 2 is 2.05 bits per heavy atom. The Balaban J connectivity index is 1.73. The molecule has 1 saturated carbocycles. The molecule has 1 N–H and O–H groups in total. The van der Waals surface area contributed by atoms with Crippen LogP contribution in [0.2, 0.25) is 0 Å². The van der Waals surface area contributed by atoms with Gasteiger partial charge in [-0.1, -0.05) is 25.0 Å². The fourth-order valence-electron chi connectivity index (χ4n) is 3.49. The molecule has 1 heterocycles. The standard InChI is InChI=1S/C17H25N3/c1-3-20-16-11-7-6-10-15(16)19-17(20)12-18-13(2)14-8-4-5-9-14/h6-7,10-11,13-14,18H,3-5,8-9,12H2,1-2H3. The normalized spacial score (nSPS) is 17.9. The van der Waals surface area contributed by atoms with Gasteiger partial charge in [0.2, 0.25) is 0 Å². The van der Waals surface area contributed by atoms with E-state index in [9.17, 15) is 0 Å². The van der Waals surface area contributed by atoms with Crippen LogP contribution in [0.4, 0.5) is 0 Å². The lowest BCUT2D eigenvalue weighted by Crippen LogP contribution is -2.32. The lowest BCUT2D eigenvalue weighted by molar-refractivity contribution is 0.375. The van der Waals surface area contributed by atoms with Crippen molar-refractivity contribution in [3.05, 3.63) is 30.1 Å². The number of para-hydroxylation sites is 2. The summed E-state index contributed by atoms with van der Waals surface area (Å²) < 4.78 is 2.32. The largest absolute Gasteiger partial charge is 0.327 e. The number of nitrogens with one attached hydrogen (secondary N) is 1. The van der Waals surface area contributed by atoms with E-state index in [1.54, 1.807) is 0 Å². The van der Waals surface area contributed by atoms with Crippen LogP contribution in [0.25, 0.3) is 11.0 Å². The van der Waals surface area contributed by atoms with Crippen molar-refractivity contribution in [1.29, 1.82) is 0 Å². The number of hydrogen-bond donors (Lipinski definition) is 1. The highest BCUT2D eigenvalue weighted by Crippen LogP contribution is 2.27. The summed E-state index contributed by atoms with van der Waals surface area (Å²) in [7, 11) is 0. The third-order valence-electron chi connectivity index (χ3n) is 4.74. The maximum Gasteiger partial charge on any atom is 0.123 e. The highest BCUT2D eigenvalue weighted by Gasteiger charge is 2.21. The van der Waals surface area contributed by atoms with Gasteiger partial charge in [0.1, 0.15) is 5.82 Å².